The molecule has 1 aliphatic heterocycles. The van der Waals surface area contributed by atoms with E-state index in [4.69, 9.17) is 4.74 Å². The van der Waals surface area contributed by atoms with Crippen molar-refractivity contribution in [3.8, 4) is 0 Å². The minimum absolute atomic E-state index is 0.260. The number of hydrogen-bond donors (Lipinski definition) is 1. The first-order valence-corrected chi connectivity index (χ1v) is 8.69. The topological polar surface area (TPSA) is 37.4 Å². The summed E-state index contributed by atoms with van der Waals surface area (Å²) in [6, 6.07) is 6.51. The lowest BCUT2D eigenvalue weighted by atomic mass is 10.2. The number of thiophene rings is 1. The van der Waals surface area contributed by atoms with Gasteiger partial charge in [-0.3, -0.25) is 0 Å². The molecule has 3 heterocycles. The summed E-state index contributed by atoms with van der Waals surface area (Å²) < 4.78 is 6.52. The summed E-state index contributed by atoms with van der Waals surface area (Å²) >= 11 is 5.33. The summed E-state index contributed by atoms with van der Waals surface area (Å²) in [5.74, 6) is 1.02. The molecular weight excluding hydrogens is 350 g/mol. The van der Waals surface area contributed by atoms with E-state index in [0.717, 1.165) is 42.3 Å². The number of pyridine rings is 1. The van der Waals surface area contributed by atoms with Gasteiger partial charge in [-0.25, -0.2) is 4.98 Å². The molecular formula is C15H18BrN3OS. The number of nitrogens with one attached hydrogen (secondary N) is 1. The Hall–Kier alpha value is -1.11. The molecule has 1 aliphatic rings. The van der Waals surface area contributed by atoms with E-state index in [1.165, 1.54) is 4.88 Å². The Morgan fingerprint density at radius 1 is 1.33 bits per heavy atom. The highest BCUT2D eigenvalue weighted by atomic mass is 79.9. The van der Waals surface area contributed by atoms with Gasteiger partial charge >= 0.3 is 0 Å². The number of aromatic nitrogens is 1. The molecule has 0 spiro atoms. The first-order valence-electron chi connectivity index (χ1n) is 7.02. The van der Waals surface area contributed by atoms with Crippen molar-refractivity contribution in [1.82, 2.24) is 4.98 Å². The van der Waals surface area contributed by atoms with Crippen LogP contribution in [0.4, 0.5) is 11.5 Å². The molecule has 0 aromatic carbocycles. The highest BCUT2D eigenvalue weighted by Crippen LogP contribution is 2.31. The number of anilines is 2. The van der Waals surface area contributed by atoms with Gasteiger partial charge in [0.1, 0.15) is 5.82 Å². The minimum atomic E-state index is 0.260. The van der Waals surface area contributed by atoms with Crippen molar-refractivity contribution in [3.63, 3.8) is 0 Å². The van der Waals surface area contributed by atoms with Gasteiger partial charge in [-0.2, -0.15) is 0 Å². The van der Waals surface area contributed by atoms with Gasteiger partial charge in [0, 0.05) is 22.4 Å². The van der Waals surface area contributed by atoms with E-state index in [-0.39, 0.29) is 6.04 Å². The van der Waals surface area contributed by atoms with E-state index in [2.05, 4.69) is 61.6 Å². The lowest BCUT2D eigenvalue weighted by Gasteiger charge is -2.27. The number of halogens is 1. The van der Waals surface area contributed by atoms with Crippen molar-refractivity contribution < 1.29 is 4.74 Å². The molecule has 6 heteroatoms. The molecule has 0 aliphatic carbocycles. The van der Waals surface area contributed by atoms with Gasteiger partial charge in [0.15, 0.2) is 0 Å². The maximum atomic E-state index is 5.37. The zero-order valence-electron chi connectivity index (χ0n) is 11.9. The Morgan fingerprint density at radius 3 is 2.76 bits per heavy atom. The molecule has 4 nitrogen and oxygen atoms in total. The summed E-state index contributed by atoms with van der Waals surface area (Å²) in [6.45, 7) is 5.55. The Morgan fingerprint density at radius 2 is 2.14 bits per heavy atom. The second-order valence-corrected chi connectivity index (χ2v) is 6.81. The number of morpholine rings is 1. The van der Waals surface area contributed by atoms with Gasteiger partial charge in [0.25, 0.3) is 0 Å². The molecule has 112 valence electrons. The number of nitrogens with zero attached hydrogens (tertiary/aromatic N) is 2. The minimum Gasteiger partial charge on any atom is -0.378 e. The van der Waals surface area contributed by atoms with Crippen LogP contribution >= 0.6 is 27.3 Å². The van der Waals surface area contributed by atoms with Gasteiger partial charge in [-0.05, 0) is 46.4 Å². The van der Waals surface area contributed by atoms with E-state index >= 15 is 0 Å². The lowest BCUT2D eigenvalue weighted by molar-refractivity contribution is 0.122. The lowest BCUT2D eigenvalue weighted by Crippen LogP contribution is -2.36. The Kier molecular flexibility index (Phi) is 4.77. The van der Waals surface area contributed by atoms with Crippen molar-refractivity contribution in [3.05, 3.63) is 39.1 Å². The van der Waals surface area contributed by atoms with Crippen LogP contribution < -0.4 is 10.2 Å². The maximum absolute atomic E-state index is 5.37. The summed E-state index contributed by atoms with van der Waals surface area (Å²) in [5, 5.41) is 5.58. The predicted molar refractivity (Wildman–Crippen MR) is 91.3 cm³/mol. The van der Waals surface area contributed by atoms with Crippen LogP contribution in [0.2, 0.25) is 0 Å². The fourth-order valence-electron chi connectivity index (χ4n) is 2.38. The van der Waals surface area contributed by atoms with Gasteiger partial charge in [-0.1, -0.05) is 0 Å². The quantitative estimate of drug-likeness (QED) is 0.888. The molecule has 1 saturated heterocycles. The summed E-state index contributed by atoms with van der Waals surface area (Å²) in [7, 11) is 0. The van der Waals surface area contributed by atoms with Crippen molar-refractivity contribution in [2.24, 2.45) is 0 Å². The highest BCUT2D eigenvalue weighted by molar-refractivity contribution is 9.10. The van der Waals surface area contributed by atoms with E-state index in [0.29, 0.717) is 0 Å². The molecule has 0 amide bonds. The van der Waals surface area contributed by atoms with Gasteiger partial charge in [0.05, 0.1) is 31.1 Å². The van der Waals surface area contributed by atoms with Crippen LogP contribution in [0.5, 0.6) is 0 Å². The van der Waals surface area contributed by atoms with Gasteiger partial charge < -0.3 is 15.0 Å². The highest BCUT2D eigenvalue weighted by Gasteiger charge is 2.13. The second kappa shape index (κ2) is 6.77. The molecule has 1 fully saturated rings. The van der Waals surface area contributed by atoms with Crippen molar-refractivity contribution in [2.75, 3.05) is 36.5 Å². The molecule has 21 heavy (non-hydrogen) atoms. The standard InChI is InChI=1S/C15H18BrN3OS/c1-11(15-13(16)4-9-21-15)18-12-2-3-14(17-10-12)19-5-7-20-8-6-19/h2-4,9-11,18H,5-8H2,1H3. The Labute approximate surface area is 137 Å². The molecule has 1 unspecified atom stereocenters. The number of hydrogen-bond acceptors (Lipinski definition) is 5. The summed E-state index contributed by atoms with van der Waals surface area (Å²) in [5.41, 5.74) is 1.04. The molecule has 0 saturated carbocycles. The smallest absolute Gasteiger partial charge is 0.128 e. The van der Waals surface area contributed by atoms with Crippen LogP contribution in [0, 0.1) is 0 Å². The Balaban J connectivity index is 1.65. The Bertz CT molecular complexity index is 581. The van der Waals surface area contributed by atoms with Gasteiger partial charge in [-0.15, -0.1) is 11.3 Å². The maximum Gasteiger partial charge on any atom is 0.128 e. The zero-order chi connectivity index (χ0) is 14.7. The molecule has 3 rings (SSSR count). The monoisotopic (exact) mass is 367 g/mol. The van der Waals surface area contributed by atoms with Crippen molar-refractivity contribution >= 4 is 38.8 Å². The van der Waals surface area contributed by atoms with Crippen LogP contribution in [-0.2, 0) is 4.74 Å². The van der Waals surface area contributed by atoms with Gasteiger partial charge in [0.2, 0.25) is 0 Å². The third-order valence-corrected chi connectivity index (χ3v) is 5.56. The molecule has 0 radical (unpaired) electrons. The van der Waals surface area contributed by atoms with E-state index < -0.39 is 0 Å². The molecule has 1 N–H and O–H groups in total. The van der Waals surface area contributed by atoms with E-state index in [1.807, 2.05) is 6.20 Å². The molecule has 2 aromatic heterocycles. The van der Waals surface area contributed by atoms with Crippen LogP contribution in [0.15, 0.2) is 34.2 Å². The largest absolute Gasteiger partial charge is 0.378 e. The SMILES string of the molecule is CC(Nc1ccc(N2CCOCC2)nc1)c1sccc1Br. The second-order valence-electron chi connectivity index (χ2n) is 5.00. The van der Waals surface area contributed by atoms with Crippen LogP contribution in [-0.4, -0.2) is 31.3 Å². The fraction of sp³-hybridized carbons (Fsp3) is 0.400. The van der Waals surface area contributed by atoms with Crippen LogP contribution in [0.3, 0.4) is 0 Å². The number of ether oxygens (including phenoxy) is 1. The first-order chi connectivity index (χ1) is 10.2. The van der Waals surface area contributed by atoms with E-state index in [9.17, 15) is 0 Å². The zero-order valence-corrected chi connectivity index (χ0v) is 14.3. The van der Waals surface area contributed by atoms with Crippen molar-refractivity contribution in [2.45, 2.75) is 13.0 Å². The van der Waals surface area contributed by atoms with E-state index in [1.54, 1.807) is 11.3 Å². The third kappa shape index (κ3) is 3.56. The van der Waals surface area contributed by atoms with Crippen molar-refractivity contribution in [1.29, 1.82) is 0 Å². The summed E-state index contributed by atoms with van der Waals surface area (Å²) in [4.78, 5) is 8.11. The normalized spacial score (nSPS) is 16.8. The fourth-order valence-corrected chi connectivity index (χ4v) is 4.11. The predicted octanol–water partition coefficient (Wildman–Crippen LogP) is 3.92. The average Bonchev–Trinajstić information content (AvgIpc) is 2.95. The van der Waals surface area contributed by atoms with Crippen LogP contribution in [0.1, 0.15) is 17.8 Å². The molecule has 0 bridgehead atoms. The third-order valence-electron chi connectivity index (χ3n) is 3.50. The molecule has 2 aromatic rings. The first kappa shape index (κ1) is 14.8. The average molecular weight is 368 g/mol. The summed E-state index contributed by atoms with van der Waals surface area (Å²) in [6.07, 6.45) is 1.91. The number of rotatable bonds is 4. The van der Waals surface area contributed by atoms with Crippen LogP contribution in [0.25, 0.3) is 0 Å². The molecule has 1 atom stereocenters.